The van der Waals surface area contributed by atoms with Crippen LogP contribution in [0.15, 0.2) is 71.4 Å². The molecule has 0 aliphatic carbocycles. The molecule has 212 valence electrons. The Morgan fingerprint density at radius 3 is 2.48 bits per heavy atom. The Kier molecular flexibility index (Phi) is 7.46. The highest BCUT2D eigenvalue weighted by atomic mass is 16.5. The number of pyridine rings is 2. The van der Waals surface area contributed by atoms with Gasteiger partial charge in [0.1, 0.15) is 23.7 Å². The molecule has 1 atom stereocenters. The molecule has 5 rings (SSSR count). The molecule has 0 spiro atoms. The number of hydrazone groups is 1. The van der Waals surface area contributed by atoms with Gasteiger partial charge in [0, 0.05) is 38.0 Å². The summed E-state index contributed by atoms with van der Waals surface area (Å²) >= 11 is 0. The van der Waals surface area contributed by atoms with E-state index in [1.54, 1.807) is 27.2 Å². The highest BCUT2D eigenvalue weighted by Crippen LogP contribution is 2.45. The third-order valence-corrected chi connectivity index (χ3v) is 7.92. The third-order valence-electron chi connectivity index (χ3n) is 7.92. The van der Waals surface area contributed by atoms with Gasteiger partial charge in [0.05, 0.1) is 30.7 Å². The second-order valence-electron chi connectivity index (χ2n) is 11.6. The van der Waals surface area contributed by atoms with Crippen LogP contribution in [0.2, 0.25) is 0 Å². The number of anilines is 1. The van der Waals surface area contributed by atoms with Crippen LogP contribution in [0.3, 0.4) is 0 Å². The van der Waals surface area contributed by atoms with Crippen molar-refractivity contribution in [3.8, 4) is 5.88 Å². The van der Waals surface area contributed by atoms with Crippen molar-refractivity contribution in [2.75, 3.05) is 31.7 Å². The minimum atomic E-state index is -0.951. The Morgan fingerprint density at radius 1 is 1.10 bits per heavy atom. The summed E-state index contributed by atoms with van der Waals surface area (Å²) in [4.78, 5) is 11.3. The lowest BCUT2D eigenvalue weighted by molar-refractivity contribution is 0.00402. The van der Waals surface area contributed by atoms with E-state index in [1.165, 1.54) is 0 Å². The number of fused-ring (bicyclic) bond motifs is 1. The van der Waals surface area contributed by atoms with Gasteiger partial charge < -0.3 is 24.6 Å². The van der Waals surface area contributed by atoms with Crippen LogP contribution in [-0.2, 0) is 11.2 Å². The number of hydrogen-bond donors (Lipinski definition) is 2. The quantitative estimate of drug-likeness (QED) is 0.511. The van der Waals surface area contributed by atoms with E-state index >= 15 is 0 Å². The standard InChI is InChI=1S/C31H39N5O4/c1-6-24-19-34-36-20-25(40-21-29(2,3)37)15-26(30(24,36)4)23-8-9-27(32-18-23)35-13-11-31(38,12-14-35)16-22-7-10-28(39-5)33-17-22/h6-10,15,17-20,37-38H,11-14,16,21H2,1-5H3/b24-6-. The van der Waals surface area contributed by atoms with Gasteiger partial charge in [-0.1, -0.05) is 12.1 Å². The molecule has 0 bridgehead atoms. The Labute approximate surface area is 236 Å². The van der Waals surface area contributed by atoms with Gasteiger partial charge in [-0.3, -0.25) is 5.01 Å². The van der Waals surface area contributed by atoms with Crippen molar-refractivity contribution in [3.63, 3.8) is 0 Å². The molecule has 9 nitrogen and oxygen atoms in total. The number of aliphatic hydroxyl groups is 2. The molecule has 2 aromatic heterocycles. The lowest BCUT2D eigenvalue weighted by atomic mass is 9.79. The van der Waals surface area contributed by atoms with Gasteiger partial charge in [-0.2, -0.15) is 5.10 Å². The number of methoxy groups -OCH3 is 1. The van der Waals surface area contributed by atoms with E-state index in [9.17, 15) is 10.2 Å². The molecule has 3 aliphatic rings. The molecule has 0 radical (unpaired) electrons. The van der Waals surface area contributed by atoms with Crippen LogP contribution < -0.4 is 9.64 Å². The molecule has 0 amide bonds. The molecule has 1 saturated heterocycles. The van der Waals surface area contributed by atoms with E-state index in [-0.39, 0.29) is 6.61 Å². The van der Waals surface area contributed by atoms with Crippen LogP contribution in [0.1, 0.15) is 51.7 Å². The first-order valence-electron chi connectivity index (χ1n) is 13.7. The maximum Gasteiger partial charge on any atom is 0.212 e. The summed E-state index contributed by atoms with van der Waals surface area (Å²) in [5.41, 5.74) is 1.87. The average Bonchev–Trinajstić information content (AvgIpc) is 3.27. The molecule has 0 saturated carbocycles. The molecule has 3 aliphatic heterocycles. The fraction of sp³-hybridized carbons (Fsp3) is 0.452. The summed E-state index contributed by atoms with van der Waals surface area (Å²) in [7, 11) is 1.60. The van der Waals surface area contributed by atoms with E-state index in [1.807, 2.05) is 54.8 Å². The van der Waals surface area contributed by atoms with E-state index in [4.69, 9.17) is 14.5 Å². The van der Waals surface area contributed by atoms with Crippen molar-refractivity contribution in [2.45, 2.75) is 63.7 Å². The number of rotatable bonds is 8. The molecular weight excluding hydrogens is 506 g/mol. The number of allylic oxidation sites excluding steroid dienone is 2. The molecular formula is C31H39N5O4. The average molecular weight is 546 g/mol. The topological polar surface area (TPSA) is 104 Å². The largest absolute Gasteiger partial charge is 0.489 e. The lowest BCUT2D eigenvalue weighted by Crippen LogP contribution is -2.46. The number of nitrogens with zero attached hydrogens (tertiary/aromatic N) is 5. The van der Waals surface area contributed by atoms with Gasteiger partial charge in [0.25, 0.3) is 0 Å². The minimum absolute atomic E-state index is 0.167. The minimum Gasteiger partial charge on any atom is -0.489 e. The summed E-state index contributed by atoms with van der Waals surface area (Å²) < 4.78 is 11.1. The molecule has 1 fully saturated rings. The molecule has 2 aromatic rings. The smallest absolute Gasteiger partial charge is 0.212 e. The first-order chi connectivity index (χ1) is 19.0. The van der Waals surface area contributed by atoms with Crippen LogP contribution in [-0.4, -0.2) is 75.0 Å². The third kappa shape index (κ3) is 5.62. The van der Waals surface area contributed by atoms with Gasteiger partial charge >= 0.3 is 0 Å². The maximum atomic E-state index is 11.2. The number of ether oxygens (including phenoxy) is 2. The number of hydrogen-bond acceptors (Lipinski definition) is 9. The van der Waals surface area contributed by atoms with Gasteiger partial charge in [-0.05, 0) is 81.0 Å². The predicted molar refractivity (Wildman–Crippen MR) is 156 cm³/mol. The lowest BCUT2D eigenvalue weighted by Gasteiger charge is -2.40. The summed E-state index contributed by atoms with van der Waals surface area (Å²) in [5, 5.41) is 27.9. The first kappa shape index (κ1) is 27.9. The van der Waals surface area contributed by atoms with Gasteiger partial charge in [-0.15, -0.1) is 0 Å². The van der Waals surface area contributed by atoms with Crippen molar-refractivity contribution in [1.82, 2.24) is 15.0 Å². The summed E-state index contributed by atoms with van der Waals surface area (Å²) in [6.07, 6.45) is 13.4. The fourth-order valence-electron chi connectivity index (χ4n) is 5.52. The Balaban J connectivity index is 1.30. The zero-order valence-electron chi connectivity index (χ0n) is 24.0. The summed E-state index contributed by atoms with van der Waals surface area (Å²) in [5.74, 6) is 2.09. The molecule has 2 N–H and O–H groups in total. The Bertz CT molecular complexity index is 1330. The van der Waals surface area contributed by atoms with Crippen molar-refractivity contribution in [3.05, 3.63) is 77.5 Å². The maximum absolute atomic E-state index is 11.2. The van der Waals surface area contributed by atoms with Gasteiger partial charge in [0.2, 0.25) is 5.88 Å². The van der Waals surface area contributed by atoms with Crippen molar-refractivity contribution in [2.24, 2.45) is 5.10 Å². The summed E-state index contributed by atoms with van der Waals surface area (Å²) in [6.45, 7) is 9.20. The van der Waals surface area contributed by atoms with Crippen molar-refractivity contribution in [1.29, 1.82) is 0 Å². The Morgan fingerprint density at radius 2 is 1.88 bits per heavy atom. The van der Waals surface area contributed by atoms with E-state index < -0.39 is 16.7 Å². The normalized spacial score (nSPS) is 23.1. The fourth-order valence-corrected chi connectivity index (χ4v) is 5.52. The van der Waals surface area contributed by atoms with E-state index in [0.29, 0.717) is 30.9 Å². The van der Waals surface area contributed by atoms with Crippen molar-refractivity contribution >= 4 is 17.6 Å². The van der Waals surface area contributed by atoms with Crippen LogP contribution in [0.5, 0.6) is 5.88 Å². The first-order valence-corrected chi connectivity index (χ1v) is 13.7. The van der Waals surface area contributed by atoms with Gasteiger partial charge in [-0.25, -0.2) is 9.97 Å². The SMILES string of the molecule is C/C=C1/C=NN2C=C(OCC(C)(C)O)C=C(c3ccc(N4CCC(O)(Cc5ccc(OC)nc5)CC4)nc3)C12C. The second kappa shape index (κ2) is 10.7. The number of aromatic nitrogens is 2. The highest BCUT2D eigenvalue weighted by Gasteiger charge is 2.44. The zero-order valence-corrected chi connectivity index (χ0v) is 24.0. The van der Waals surface area contributed by atoms with Crippen LogP contribution in [0, 0.1) is 0 Å². The monoisotopic (exact) mass is 545 g/mol. The summed E-state index contributed by atoms with van der Waals surface area (Å²) in [6, 6.07) is 7.92. The molecule has 40 heavy (non-hydrogen) atoms. The zero-order chi connectivity index (χ0) is 28.5. The highest BCUT2D eigenvalue weighted by molar-refractivity contribution is 5.94. The van der Waals surface area contributed by atoms with E-state index in [0.717, 1.165) is 41.2 Å². The van der Waals surface area contributed by atoms with Crippen LogP contribution in [0.25, 0.3) is 5.57 Å². The molecule has 1 unspecified atom stereocenters. The van der Waals surface area contributed by atoms with Gasteiger partial charge in [0.15, 0.2) is 0 Å². The van der Waals surface area contributed by atoms with E-state index in [2.05, 4.69) is 34.1 Å². The number of piperidine rings is 1. The van der Waals surface area contributed by atoms with Crippen LogP contribution >= 0.6 is 0 Å². The molecule has 0 aromatic carbocycles. The van der Waals surface area contributed by atoms with Crippen LogP contribution in [0.4, 0.5) is 5.82 Å². The molecule has 5 heterocycles. The molecule has 9 heteroatoms. The Hall–Kier alpha value is -3.69. The van der Waals surface area contributed by atoms with Crippen molar-refractivity contribution < 1.29 is 19.7 Å². The second-order valence-corrected chi connectivity index (χ2v) is 11.6. The predicted octanol–water partition coefficient (Wildman–Crippen LogP) is 4.09.